The van der Waals surface area contributed by atoms with Crippen LogP contribution in [0.4, 0.5) is 4.39 Å². The number of fused-ring (bicyclic) bond motifs is 2. The number of hydrogen-bond donors (Lipinski definition) is 0. The second-order valence-electron chi connectivity index (χ2n) is 6.67. The molecule has 0 aromatic heterocycles. The van der Waals surface area contributed by atoms with Gasteiger partial charge in [0.05, 0.1) is 12.7 Å². The number of ether oxygens (including phenoxy) is 3. The minimum absolute atomic E-state index is 0.0619. The predicted octanol–water partition coefficient (Wildman–Crippen LogP) is 3.45. The van der Waals surface area contributed by atoms with Crippen LogP contribution in [0.25, 0.3) is 6.08 Å². The van der Waals surface area contributed by atoms with Gasteiger partial charge in [0.15, 0.2) is 17.3 Å². The first kappa shape index (κ1) is 17.5. The van der Waals surface area contributed by atoms with Crippen LogP contribution in [0.3, 0.4) is 0 Å². The minimum Gasteiger partial charge on any atom is -0.492 e. The molecule has 0 unspecified atom stereocenters. The summed E-state index contributed by atoms with van der Waals surface area (Å²) in [6.45, 7) is 1.58. The molecule has 2 aromatic carbocycles. The number of allylic oxidation sites excluding steroid dienone is 1. The molecule has 27 heavy (non-hydrogen) atoms. The number of carbonyl (C=O) groups excluding carboxylic acids is 1. The van der Waals surface area contributed by atoms with E-state index in [0.717, 1.165) is 29.7 Å². The minimum atomic E-state index is -0.310. The van der Waals surface area contributed by atoms with E-state index >= 15 is 0 Å². The molecule has 0 aliphatic carbocycles. The number of hydrogen-bond acceptors (Lipinski definition) is 5. The Hall–Kier alpha value is -2.86. The second kappa shape index (κ2) is 7.04. The number of halogens is 1. The number of likely N-dealkylation sites (N-methyl/N-ethyl adjacent to an activating group) is 1. The lowest BCUT2D eigenvalue weighted by atomic mass is 9.90. The van der Waals surface area contributed by atoms with Crippen LogP contribution >= 0.6 is 0 Å². The van der Waals surface area contributed by atoms with Crippen LogP contribution in [0, 0.1) is 5.82 Å². The molecule has 0 atom stereocenters. The van der Waals surface area contributed by atoms with Gasteiger partial charge in [-0.3, -0.25) is 4.79 Å². The maximum absolute atomic E-state index is 13.1. The number of nitrogens with zero attached hydrogens (tertiary/aromatic N) is 1. The van der Waals surface area contributed by atoms with E-state index in [-0.39, 0.29) is 18.4 Å². The van der Waals surface area contributed by atoms with E-state index in [1.165, 1.54) is 18.2 Å². The predicted molar refractivity (Wildman–Crippen MR) is 98.9 cm³/mol. The summed E-state index contributed by atoms with van der Waals surface area (Å²) in [6, 6.07) is 5.98. The zero-order valence-corrected chi connectivity index (χ0v) is 15.3. The lowest BCUT2D eigenvalue weighted by Gasteiger charge is -2.28. The van der Waals surface area contributed by atoms with Crippen molar-refractivity contribution in [3.8, 4) is 17.2 Å². The topological polar surface area (TPSA) is 48.0 Å². The van der Waals surface area contributed by atoms with E-state index in [2.05, 4.69) is 4.90 Å². The van der Waals surface area contributed by atoms with E-state index in [0.29, 0.717) is 29.4 Å². The van der Waals surface area contributed by atoms with E-state index in [4.69, 9.17) is 14.2 Å². The van der Waals surface area contributed by atoms with Gasteiger partial charge in [0, 0.05) is 18.7 Å². The first-order valence-electron chi connectivity index (χ1n) is 8.76. The maximum atomic E-state index is 13.1. The Morgan fingerprint density at radius 2 is 1.93 bits per heavy atom. The number of rotatable bonds is 4. The van der Waals surface area contributed by atoms with Crippen LogP contribution in [0.15, 0.2) is 30.3 Å². The largest absolute Gasteiger partial charge is 0.492 e. The highest BCUT2D eigenvalue weighted by molar-refractivity contribution is 6.11. The van der Waals surface area contributed by atoms with Crippen molar-refractivity contribution in [2.45, 2.75) is 13.0 Å². The van der Waals surface area contributed by atoms with Crippen LogP contribution in [0.1, 0.15) is 27.0 Å². The molecule has 2 heterocycles. The third-order valence-electron chi connectivity index (χ3n) is 4.91. The molecule has 4 rings (SSSR count). The fraction of sp³-hybridized carbons (Fsp3) is 0.286. The summed E-state index contributed by atoms with van der Waals surface area (Å²) in [5.41, 5.74) is 3.20. The van der Waals surface area contributed by atoms with Gasteiger partial charge < -0.3 is 19.1 Å². The molecule has 0 bridgehead atoms. The summed E-state index contributed by atoms with van der Waals surface area (Å²) >= 11 is 0. The Labute approximate surface area is 156 Å². The molecular weight excluding hydrogens is 349 g/mol. The van der Waals surface area contributed by atoms with E-state index in [1.807, 2.05) is 7.05 Å². The van der Waals surface area contributed by atoms with Crippen molar-refractivity contribution in [1.82, 2.24) is 4.90 Å². The van der Waals surface area contributed by atoms with Gasteiger partial charge in [-0.1, -0.05) is 18.2 Å². The summed E-state index contributed by atoms with van der Waals surface area (Å²) in [4.78, 5) is 15.2. The smallest absolute Gasteiger partial charge is 0.231 e. The molecule has 2 aromatic rings. The molecule has 0 spiro atoms. The van der Waals surface area contributed by atoms with E-state index in [9.17, 15) is 9.18 Å². The number of carbonyl (C=O) groups is 1. The Morgan fingerprint density at radius 1 is 1.19 bits per heavy atom. The molecule has 140 valence electrons. The third kappa shape index (κ3) is 3.17. The van der Waals surface area contributed by atoms with Crippen molar-refractivity contribution in [3.63, 3.8) is 0 Å². The van der Waals surface area contributed by atoms with Crippen molar-refractivity contribution in [3.05, 3.63) is 58.4 Å². The van der Waals surface area contributed by atoms with Crippen molar-refractivity contribution in [1.29, 1.82) is 0 Å². The SMILES string of the molecule is COc1c2c(c(C(=O)/C=C/c3ccc(F)cc3)c3c1OCO3)CCN(C)C2. The highest BCUT2D eigenvalue weighted by Gasteiger charge is 2.34. The van der Waals surface area contributed by atoms with Crippen LogP contribution < -0.4 is 14.2 Å². The number of methoxy groups -OCH3 is 1. The summed E-state index contributed by atoms with van der Waals surface area (Å²) in [5, 5.41) is 0. The van der Waals surface area contributed by atoms with Crippen LogP contribution in [0.5, 0.6) is 17.2 Å². The van der Waals surface area contributed by atoms with Crippen LogP contribution in [0.2, 0.25) is 0 Å². The van der Waals surface area contributed by atoms with E-state index < -0.39 is 0 Å². The highest BCUT2D eigenvalue weighted by atomic mass is 19.1. The van der Waals surface area contributed by atoms with Crippen molar-refractivity contribution < 1.29 is 23.4 Å². The third-order valence-corrected chi connectivity index (χ3v) is 4.91. The van der Waals surface area contributed by atoms with Gasteiger partial charge in [-0.2, -0.15) is 0 Å². The van der Waals surface area contributed by atoms with E-state index in [1.54, 1.807) is 25.3 Å². The van der Waals surface area contributed by atoms with Crippen LogP contribution in [-0.2, 0) is 13.0 Å². The molecule has 0 N–H and O–H groups in total. The first-order chi connectivity index (χ1) is 13.1. The standard InChI is InChI=1S/C21H20FNO4/c1-23-10-9-15-16(11-23)19(25-2)21-20(26-12-27-21)18(15)17(24)8-5-13-3-6-14(22)7-4-13/h3-8H,9-12H2,1-2H3/b8-5+. The van der Waals surface area contributed by atoms with Gasteiger partial charge in [0.2, 0.25) is 12.5 Å². The molecule has 0 saturated heterocycles. The molecule has 0 amide bonds. The van der Waals surface area contributed by atoms with Crippen molar-refractivity contribution >= 4 is 11.9 Å². The molecule has 6 heteroatoms. The molecular formula is C21H20FNO4. The average molecular weight is 369 g/mol. The molecule has 2 aliphatic rings. The normalized spacial score (nSPS) is 15.8. The Kier molecular flexibility index (Phi) is 4.58. The van der Waals surface area contributed by atoms with Gasteiger partial charge in [-0.05, 0) is 42.8 Å². The molecule has 2 aliphatic heterocycles. The lowest BCUT2D eigenvalue weighted by molar-refractivity contribution is 0.104. The summed E-state index contributed by atoms with van der Waals surface area (Å²) < 4.78 is 29.9. The Bertz CT molecular complexity index is 921. The summed E-state index contributed by atoms with van der Waals surface area (Å²) in [5.74, 6) is 1.11. The van der Waals surface area contributed by atoms with Gasteiger partial charge in [-0.25, -0.2) is 4.39 Å². The first-order valence-corrected chi connectivity index (χ1v) is 8.76. The molecule has 5 nitrogen and oxygen atoms in total. The second-order valence-corrected chi connectivity index (χ2v) is 6.67. The quantitative estimate of drug-likeness (QED) is 0.610. The summed E-state index contributed by atoms with van der Waals surface area (Å²) in [7, 11) is 3.63. The number of benzene rings is 2. The zero-order chi connectivity index (χ0) is 19.0. The molecule has 0 radical (unpaired) electrons. The van der Waals surface area contributed by atoms with Gasteiger partial charge in [0.1, 0.15) is 5.82 Å². The maximum Gasteiger partial charge on any atom is 0.231 e. The van der Waals surface area contributed by atoms with Gasteiger partial charge in [0.25, 0.3) is 0 Å². The molecule has 0 saturated carbocycles. The van der Waals surface area contributed by atoms with Crippen molar-refractivity contribution in [2.24, 2.45) is 0 Å². The zero-order valence-electron chi connectivity index (χ0n) is 15.3. The summed E-state index contributed by atoms with van der Waals surface area (Å²) in [6.07, 6.45) is 3.90. The van der Waals surface area contributed by atoms with Gasteiger partial charge in [-0.15, -0.1) is 0 Å². The average Bonchev–Trinajstić information content (AvgIpc) is 3.14. The fourth-order valence-corrected chi connectivity index (χ4v) is 3.60. The van der Waals surface area contributed by atoms with Crippen LogP contribution in [-0.4, -0.2) is 38.2 Å². The highest BCUT2D eigenvalue weighted by Crippen LogP contribution is 2.49. The fourth-order valence-electron chi connectivity index (χ4n) is 3.60. The molecule has 0 fully saturated rings. The Morgan fingerprint density at radius 3 is 2.67 bits per heavy atom. The lowest BCUT2D eigenvalue weighted by Crippen LogP contribution is -2.28. The van der Waals surface area contributed by atoms with Gasteiger partial charge >= 0.3 is 0 Å². The number of ketones is 1. The van der Waals surface area contributed by atoms with Crippen molar-refractivity contribution in [2.75, 3.05) is 27.5 Å². The monoisotopic (exact) mass is 369 g/mol. The Balaban J connectivity index is 1.78.